The summed E-state index contributed by atoms with van der Waals surface area (Å²) >= 11 is 12.9. The van der Waals surface area contributed by atoms with Gasteiger partial charge in [-0.3, -0.25) is 0 Å². The normalized spacial score (nSPS) is 17.2. The van der Waals surface area contributed by atoms with E-state index < -0.39 is 0 Å². The molecule has 0 radical (unpaired) electrons. The van der Waals surface area contributed by atoms with E-state index in [1.165, 1.54) is 5.56 Å². The van der Waals surface area contributed by atoms with Gasteiger partial charge in [-0.15, -0.1) is 11.6 Å². The molecule has 3 heteroatoms. The topological polar surface area (TPSA) is 9.23 Å². The Hall–Kier alpha value is -1.18. The molecule has 0 spiro atoms. The molecule has 0 bridgehead atoms. The number of halogens is 2. The van der Waals surface area contributed by atoms with E-state index in [2.05, 4.69) is 19.9 Å². The van der Waals surface area contributed by atoms with Crippen LogP contribution in [0, 0.1) is 6.92 Å². The summed E-state index contributed by atoms with van der Waals surface area (Å²) in [6.07, 6.45) is 0. The van der Waals surface area contributed by atoms with Crippen LogP contribution in [0.4, 0.5) is 0 Å². The lowest BCUT2D eigenvalue weighted by atomic mass is 9.85. The molecule has 2 aromatic rings. The van der Waals surface area contributed by atoms with E-state index in [0.717, 1.165) is 34.1 Å². The number of hydrogen-bond donors (Lipinski definition) is 0. The molecule has 0 saturated heterocycles. The fourth-order valence-corrected chi connectivity index (χ4v) is 3.33. The lowest BCUT2D eigenvalue weighted by Crippen LogP contribution is -2.18. The molecule has 110 valence electrons. The molecule has 1 atom stereocenters. The minimum atomic E-state index is -0.203. The number of alkyl halides is 1. The van der Waals surface area contributed by atoms with Gasteiger partial charge in [0.05, 0.1) is 12.0 Å². The van der Waals surface area contributed by atoms with Crippen LogP contribution in [0.5, 0.6) is 5.75 Å². The smallest absolute Gasteiger partial charge is 0.123 e. The van der Waals surface area contributed by atoms with E-state index in [4.69, 9.17) is 27.9 Å². The Balaban J connectivity index is 2.03. The first-order valence-corrected chi connectivity index (χ1v) is 7.88. The largest absolute Gasteiger partial charge is 0.492 e. The Labute approximate surface area is 135 Å². The summed E-state index contributed by atoms with van der Waals surface area (Å²) in [5, 5.41) is 0.549. The highest BCUT2D eigenvalue weighted by Crippen LogP contribution is 2.42. The summed E-state index contributed by atoms with van der Waals surface area (Å²) in [4.78, 5) is 0. The van der Waals surface area contributed by atoms with E-state index in [1.54, 1.807) is 0 Å². The zero-order chi connectivity index (χ0) is 15.2. The third-order valence-corrected chi connectivity index (χ3v) is 5.09. The first kappa shape index (κ1) is 14.7. The molecular formula is C18H18Cl2O. The van der Waals surface area contributed by atoms with Gasteiger partial charge >= 0.3 is 0 Å². The monoisotopic (exact) mass is 320 g/mol. The third kappa shape index (κ3) is 2.54. The van der Waals surface area contributed by atoms with Crippen molar-refractivity contribution < 1.29 is 4.74 Å². The van der Waals surface area contributed by atoms with E-state index in [9.17, 15) is 0 Å². The second kappa shape index (κ2) is 5.23. The number of rotatable bonds is 2. The van der Waals surface area contributed by atoms with Crippen molar-refractivity contribution in [1.29, 1.82) is 0 Å². The lowest BCUT2D eigenvalue weighted by Gasteiger charge is -2.18. The zero-order valence-corrected chi connectivity index (χ0v) is 13.9. The zero-order valence-electron chi connectivity index (χ0n) is 12.4. The van der Waals surface area contributed by atoms with Gasteiger partial charge in [0.2, 0.25) is 0 Å². The number of benzene rings is 2. The molecule has 0 amide bonds. The predicted octanol–water partition coefficient (Wildman–Crippen LogP) is 5.65. The van der Waals surface area contributed by atoms with Gasteiger partial charge < -0.3 is 4.74 Å². The van der Waals surface area contributed by atoms with Crippen molar-refractivity contribution in [2.45, 2.75) is 31.6 Å². The summed E-state index contributed by atoms with van der Waals surface area (Å²) in [7, 11) is 0. The molecule has 1 aliphatic heterocycles. The van der Waals surface area contributed by atoms with Crippen LogP contribution >= 0.6 is 23.2 Å². The summed E-state index contributed by atoms with van der Waals surface area (Å²) < 4.78 is 5.73. The fourth-order valence-electron chi connectivity index (χ4n) is 2.77. The molecule has 1 nitrogen and oxygen atoms in total. The maximum atomic E-state index is 6.70. The molecule has 3 rings (SSSR count). The second-order valence-electron chi connectivity index (χ2n) is 6.24. The van der Waals surface area contributed by atoms with Crippen LogP contribution in [-0.2, 0) is 5.41 Å². The van der Waals surface area contributed by atoms with E-state index in [0.29, 0.717) is 0 Å². The van der Waals surface area contributed by atoms with Crippen LogP contribution in [-0.4, -0.2) is 6.61 Å². The minimum absolute atomic E-state index is 0.0331. The maximum absolute atomic E-state index is 6.70. The highest BCUT2D eigenvalue weighted by molar-refractivity contribution is 6.31. The summed E-state index contributed by atoms with van der Waals surface area (Å²) in [6, 6.07) is 12.1. The molecule has 1 unspecified atom stereocenters. The second-order valence-corrected chi connectivity index (χ2v) is 7.09. The van der Waals surface area contributed by atoms with Crippen molar-refractivity contribution in [3.05, 3.63) is 63.7 Å². The van der Waals surface area contributed by atoms with Gasteiger partial charge in [0.1, 0.15) is 5.75 Å². The molecule has 0 fully saturated rings. The number of hydrogen-bond acceptors (Lipinski definition) is 1. The van der Waals surface area contributed by atoms with Crippen molar-refractivity contribution in [2.75, 3.05) is 6.61 Å². The van der Waals surface area contributed by atoms with E-state index >= 15 is 0 Å². The minimum Gasteiger partial charge on any atom is -0.492 e. The standard InChI is InChI=1S/C18H18Cl2O/c1-11-13(5-4-6-15(11)19)17(20)12-7-8-16-14(9-12)18(2,3)10-21-16/h4-9,17H,10H2,1-3H3. The van der Waals surface area contributed by atoms with Crippen LogP contribution in [0.15, 0.2) is 36.4 Å². The van der Waals surface area contributed by atoms with Crippen molar-refractivity contribution in [2.24, 2.45) is 0 Å². The Morgan fingerprint density at radius 1 is 1.19 bits per heavy atom. The average molecular weight is 321 g/mol. The van der Waals surface area contributed by atoms with Gasteiger partial charge in [0, 0.05) is 16.0 Å². The van der Waals surface area contributed by atoms with Gasteiger partial charge in [-0.1, -0.05) is 43.6 Å². The molecule has 1 heterocycles. The highest BCUT2D eigenvalue weighted by Gasteiger charge is 2.32. The summed E-state index contributed by atoms with van der Waals surface area (Å²) in [5.74, 6) is 0.968. The average Bonchev–Trinajstić information content (AvgIpc) is 2.76. The van der Waals surface area contributed by atoms with Crippen LogP contribution in [0.2, 0.25) is 5.02 Å². The molecule has 0 saturated carbocycles. The van der Waals surface area contributed by atoms with Crippen LogP contribution in [0.3, 0.4) is 0 Å². The van der Waals surface area contributed by atoms with Gasteiger partial charge in [-0.05, 0) is 41.8 Å². The molecule has 21 heavy (non-hydrogen) atoms. The molecule has 0 aliphatic carbocycles. The SMILES string of the molecule is Cc1c(Cl)cccc1C(Cl)c1ccc2c(c1)C(C)(C)CO2. The molecule has 2 aromatic carbocycles. The third-order valence-electron chi connectivity index (χ3n) is 4.20. The first-order valence-electron chi connectivity index (χ1n) is 7.06. The lowest BCUT2D eigenvalue weighted by molar-refractivity contribution is 0.291. The Morgan fingerprint density at radius 2 is 1.95 bits per heavy atom. The quantitative estimate of drug-likeness (QED) is 0.650. The summed E-state index contributed by atoms with van der Waals surface area (Å²) in [5.41, 5.74) is 4.44. The Kier molecular flexibility index (Phi) is 3.67. The Morgan fingerprint density at radius 3 is 2.71 bits per heavy atom. The van der Waals surface area contributed by atoms with E-state index in [1.807, 2.05) is 37.3 Å². The Bertz CT molecular complexity index is 692. The highest BCUT2D eigenvalue weighted by atomic mass is 35.5. The molecular weight excluding hydrogens is 303 g/mol. The van der Waals surface area contributed by atoms with Crippen molar-refractivity contribution in [3.8, 4) is 5.75 Å². The maximum Gasteiger partial charge on any atom is 0.123 e. The van der Waals surface area contributed by atoms with Crippen molar-refractivity contribution in [1.82, 2.24) is 0 Å². The van der Waals surface area contributed by atoms with Crippen LogP contribution < -0.4 is 4.74 Å². The van der Waals surface area contributed by atoms with Crippen LogP contribution in [0.1, 0.15) is 41.5 Å². The molecule has 1 aliphatic rings. The predicted molar refractivity (Wildman–Crippen MR) is 88.8 cm³/mol. The molecule has 0 aromatic heterocycles. The van der Waals surface area contributed by atoms with Gasteiger partial charge in [-0.2, -0.15) is 0 Å². The van der Waals surface area contributed by atoms with Crippen LogP contribution in [0.25, 0.3) is 0 Å². The van der Waals surface area contributed by atoms with Gasteiger partial charge in [0.25, 0.3) is 0 Å². The summed E-state index contributed by atoms with van der Waals surface area (Å²) in [6.45, 7) is 7.11. The van der Waals surface area contributed by atoms with Gasteiger partial charge in [-0.25, -0.2) is 0 Å². The number of ether oxygens (including phenoxy) is 1. The number of fused-ring (bicyclic) bond motifs is 1. The first-order chi connectivity index (χ1) is 9.90. The van der Waals surface area contributed by atoms with Crippen molar-refractivity contribution >= 4 is 23.2 Å². The van der Waals surface area contributed by atoms with E-state index in [-0.39, 0.29) is 10.8 Å². The fraction of sp³-hybridized carbons (Fsp3) is 0.333. The van der Waals surface area contributed by atoms with Gasteiger partial charge in [0.15, 0.2) is 0 Å². The van der Waals surface area contributed by atoms with Crippen molar-refractivity contribution in [3.63, 3.8) is 0 Å². The molecule has 0 N–H and O–H groups in total.